The highest BCUT2D eigenvalue weighted by molar-refractivity contribution is 6.01. The lowest BCUT2D eigenvalue weighted by molar-refractivity contribution is -0.128. The lowest BCUT2D eigenvalue weighted by Gasteiger charge is -2.34. The molecule has 126 valence electrons. The molecule has 2 aromatic carbocycles. The molecule has 1 fully saturated rings. The molecular weight excluding hydrogens is 310 g/mol. The van der Waals surface area contributed by atoms with Crippen LogP contribution < -0.4 is 0 Å². The molecule has 0 aliphatic carbocycles. The zero-order valence-corrected chi connectivity index (χ0v) is 14.1. The molecule has 0 saturated carbocycles. The van der Waals surface area contributed by atoms with Crippen molar-refractivity contribution in [2.75, 3.05) is 26.2 Å². The molecule has 1 heterocycles. The number of hydrogen-bond donors (Lipinski definition) is 0. The number of rotatable bonds is 4. The van der Waals surface area contributed by atoms with E-state index in [-0.39, 0.29) is 11.5 Å². The van der Waals surface area contributed by atoms with Gasteiger partial charge in [-0.1, -0.05) is 60.7 Å². The molecule has 0 N–H and O–H groups in total. The largest absolute Gasteiger partial charge is 0.335 e. The topological polar surface area (TPSA) is 47.3 Å². The van der Waals surface area contributed by atoms with Crippen molar-refractivity contribution in [3.05, 3.63) is 77.4 Å². The van der Waals surface area contributed by atoms with Gasteiger partial charge in [0.25, 0.3) is 5.91 Å². The van der Waals surface area contributed by atoms with Gasteiger partial charge in [-0.3, -0.25) is 9.69 Å². The van der Waals surface area contributed by atoms with Gasteiger partial charge in [-0.15, -0.1) is 0 Å². The van der Waals surface area contributed by atoms with E-state index in [4.69, 9.17) is 0 Å². The second kappa shape index (κ2) is 8.27. The highest BCUT2D eigenvalue weighted by Gasteiger charge is 2.23. The number of carbonyl (C=O) groups is 1. The van der Waals surface area contributed by atoms with Crippen molar-refractivity contribution in [1.29, 1.82) is 5.26 Å². The summed E-state index contributed by atoms with van der Waals surface area (Å²) in [6, 6.07) is 21.9. The first-order chi connectivity index (χ1) is 12.3. The van der Waals surface area contributed by atoms with Crippen LogP contribution in [0.25, 0.3) is 6.08 Å². The predicted octanol–water partition coefficient (Wildman–Crippen LogP) is 2.94. The van der Waals surface area contributed by atoms with Crippen LogP contribution >= 0.6 is 0 Å². The lowest BCUT2D eigenvalue weighted by atomic mass is 10.1. The number of benzene rings is 2. The van der Waals surface area contributed by atoms with Crippen molar-refractivity contribution in [2.24, 2.45) is 0 Å². The summed E-state index contributed by atoms with van der Waals surface area (Å²) in [5.74, 6) is -0.175. The van der Waals surface area contributed by atoms with Gasteiger partial charge in [0, 0.05) is 32.7 Å². The van der Waals surface area contributed by atoms with E-state index in [0.29, 0.717) is 13.1 Å². The maximum absolute atomic E-state index is 12.6. The van der Waals surface area contributed by atoms with Crippen LogP contribution in [0.2, 0.25) is 0 Å². The van der Waals surface area contributed by atoms with Crippen molar-refractivity contribution < 1.29 is 4.79 Å². The third-order valence-electron chi connectivity index (χ3n) is 4.37. The van der Waals surface area contributed by atoms with Crippen LogP contribution in [0.1, 0.15) is 11.1 Å². The van der Waals surface area contributed by atoms with E-state index < -0.39 is 0 Å². The van der Waals surface area contributed by atoms with Gasteiger partial charge in [-0.25, -0.2) is 0 Å². The summed E-state index contributed by atoms with van der Waals surface area (Å²) in [6.07, 6.45) is 1.67. The van der Waals surface area contributed by atoms with Gasteiger partial charge in [0.1, 0.15) is 11.6 Å². The molecule has 1 aliphatic rings. The van der Waals surface area contributed by atoms with Gasteiger partial charge in [-0.05, 0) is 17.2 Å². The number of piperazine rings is 1. The van der Waals surface area contributed by atoms with Crippen LogP contribution in [0.5, 0.6) is 0 Å². The van der Waals surface area contributed by atoms with Crippen LogP contribution in [-0.2, 0) is 11.3 Å². The molecule has 4 nitrogen and oxygen atoms in total. The summed E-state index contributed by atoms with van der Waals surface area (Å²) in [5.41, 5.74) is 2.35. The fourth-order valence-corrected chi connectivity index (χ4v) is 2.98. The molecule has 0 unspecified atom stereocenters. The van der Waals surface area contributed by atoms with Gasteiger partial charge in [0.15, 0.2) is 0 Å². The number of nitrogens with zero attached hydrogens (tertiary/aromatic N) is 3. The van der Waals surface area contributed by atoms with Crippen molar-refractivity contribution in [3.63, 3.8) is 0 Å². The standard InChI is InChI=1S/C21H21N3O/c22-16-20(15-18-7-3-1-4-8-18)21(25)24-13-11-23(12-14-24)17-19-9-5-2-6-10-19/h1-10,15H,11-14,17H2/b20-15+. The van der Waals surface area contributed by atoms with Crippen LogP contribution in [-0.4, -0.2) is 41.9 Å². The number of hydrogen-bond acceptors (Lipinski definition) is 3. The summed E-state index contributed by atoms with van der Waals surface area (Å²) < 4.78 is 0. The molecule has 0 bridgehead atoms. The first kappa shape index (κ1) is 16.9. The molecule has 1 saturated heterocycles. The smallest absolute Gasteiger partial charge is 0.264 e. The molecule has 0 aromatic heterocycles. The molecule has 25 heavy (non-hydrogen) atoms. The monoisotopic (exact) mass is 331 g/mol. The highest BCUT2D eigenvalue weighted by Crippen LogP contribution is 2.13. The van der Waals surface area contributed by atoms with Crippen LogP contribution in [0, 0.1) is 11.3 Å². The van der Waals surface area contributed by atoms with E-state index >= 15 is 0 Å². The minimum atomic E-state index is -0.175. The van der Waals surface area contributed by atoms with Crippen molar-refractivity contribution >= 4 is 12.0 Å². The number of amides is 1. The minimum absolute atomic E-state index is 0.175. The first-order valence-corrected chi connectivity index (χ1v) is 8.48. The van der Waals surface area contributed by atoms with Gasteiger partial charge in [-0.2, -0.15) is 5.26 Å². The second-order valence-electron chi connectivity index (χ2n) is 6.13. The van der Waals surface area contributed by atoms with Crippen molar-refractivity contribution in [1.82, 2.24) is 9.80 Å². The Morgan fingerprint density at radius 1 is 0.960 bits per heavy atom. The maximum atomic E-state index is 12.6. The zero-order chi connectivity index (χ0) is 17.5. The van der Waals surface area contributed by atoms with Crippen molar-refractivity contribution in [2.45, 2.75) is 6.54 Å². The average molecular weight is 331 g/mol. The van der Waals surface area contributed by atoms with E-state index in [1.165, 1.54) is 5.56 Å². The van der Waals surface area contributed by atoms with E-state index in [1.54, 1.807) is 11.0 Å². The van der Waals surface area contributed by atoms with Crippen molar-refractivity contribution in [3.8, 4) is 6.07 Å². The summed E-state index contributed by atoms with van der Waals surface area (Å²) >= 11 is 0. The summed E-state index contributed by atoms with van der Waals surface area (Å²) in [6.45, 7) is 3.85. The molecule has 1 amide bonds. The molecular formula is C21H21N3O. The Kier molecular flexibility index (Phi) is 5.61. The first-order valence-electron chi connectivity index (χ1n) is 8.48. The summed E-state index contributed by atoms with van der Waals surface area (Å²) in [4.78, 5) is 16.7. The molecule has 3 rings (SSSR count). The third kappa shape index (κ3) is 4.56. The Morgan fingerprint density at radius 3 is 2.16 bits per heavy atom. The minimum Gasteiger partial charge on any atom is -0.335 e. The molecule has 4 heteroatoms. The predicted molar refractivity (Wildman–Crippen MR) is 98.3 cm³/mol. The molecule has 0 atom stereocenters. The van der Waals surface area contributed by atoms with E-state index in [2.05, 4.69) is 23.1 Å². The van der Waals surface area contributed by atoms with Crippen LogP contribution in [0.3, 0.4) is 0 Å². The Bertz CT molecular complexity index is 770. The SMILES string of the molecule is N#C/C(=C\c1ccccc1)C(=O)N1CCN(Cc2ccccc2)CC1. The quantitative estimate of drug-likeness (QED) is 0.639. The zero-order valence-electron chi connectivity index (χ0n) is 14.1. The lowest BCUT2D eigenvalue weighted by Crippen LogP contribution is -2.48. The second-order valence-corrected chi connectivity index (χ2v) is 6.13. The van der Waals surface area contributed by atoms with E-state index in [9.17, 15) is 10.1 Å². The van der Waals surface area contributed by atoms with Gasteiger partial charge >= 0.3 is 0 Å². The van der Waals surface area contributed by atoms with Gasteiger partial charge in [0.2, 0.25) is 0 Å². The average Bonchev–Trinajstić information content (AvgIpc) is 2.68. The van der Waals surface area contributed by atoms with E-state index in [1.807, 2.05) is 48.5 Å². The number of carbonyl (C=O) groups excluding carboxylic acids is 1. The molecule has 2 aromatic rings. The Labute approximate surface area is 148 Å². The van der Waals surface area contributed by atoms with Gasteiger partial charge in [0.05, 0.1) is 0 Å². The fourth-order valence-electron chi connectivity index (χ4n) is 2.98. The van der Waals surface area contributed by atoms with Gasteiger partial charge < -0.3 is 4.90 Å². The Morgan fingerprint density at radius 2 is 1.56 bits per heavy atom. The molecule has 1 aliphatic heterocycles. The fraction of sp³-hybridized carbons (Fsp3) is 0.238. The normalized spacial score (nSPS) is 15.6. The number of nitriles is 1. The van der Waals surface area contributed by atoms with Crippen LogP contribution in [0.4, 0.5) is 0 Å². The third-order valence-corrected chi connectivity index (χ3v) is 4.37. The van der Waals surface area contributed by atoms with Crippen LogP contribution in [0.15, 0.2) is 66.2 Å². The summed E-state index contributed by atoms with van der Waals surface area (Å²) in [7, 11) is 0. The summed E-state index contributed by atoms with van der Waals surface area (Å²) in [5, 5.41) is 9.36. The molecule has 0 spiro atoms. The Hall–Kier alpha value is -2.90. The molecule has 0 radical (unpaired) electrons. The Balaban J connectivity index is 1.59. The maximum Gasteiger partial charge on any atom is 0.264 e. The highest BCUT2D eigenvalue weighted by atomic mass is 16.2. The van der Waals surface area contributed by atoms with E-state index in [0.717, 1.165) is 25.2 Å².